The van der Waals surface area contributed by atoms with Gasteiger partial charge in [-0.25, -0.2) is 0 Å². The molecule has 0 fully saturated rings. The molecule has 0 aliphatic carbocycles. The van der Waals surface area contributed by atoms with Gasteiger partial charge in [0.15, 0.2) is 6.10 Å². The second kappa shape index (κ2) is 67.3. The Morgan fingerprint density at radius 2 is 0.500 bits per heavy atom. The molecular weight excluding hydrogens is 985 g/mol. The minimum Gasteiger partial charge on any atom is -0.462 e. The molecule has 80 heavy (non-hydrogen) atoms. The van der Waals surface area contributed by atoms with E-state index >= 15 is 0 Å². The molecule has 0 bridgehead atoms. The van der Waals surface area contributed by atoms with Gasteiger partial charge in [0, 0.05) is 19.3 Å². The number of hydrogen-bond acceptors (Lipinski definition) is 6. The number of carbonyl (C=O) groups is 3. The highest BCUT2D eigenvalue weighted by molar-refractivity contribution is 5.71. The number of unbranched alkanes of at least 4 members (excludes halogenated alkanes) is 29. The fraction of sp³-hybridized carbons (Fsp3) is 0.689. The van der Waals surface area contributed by atoms with Crippen LogP contribution in [0.2, 0.25) is 0 Å². The zero-order chi connectivity index (χ0) is 57.8. The molecule has 0 amide bonds. The molecule has 0 saturated heterocycles. The second-order valence-corrected chi connectivity index (χ2v) is 22.0. The zero-order valence-corrected chi connectivity index (χ0v) is 52.3. The van der Waals surface area contributed by atoms with Crippen LogP contribution in [-0.4, -0.2) is 37.2 Å². The lowest BCUT2D eigenvalue weighted by Gasteiger charge is -2.18. The Hall–Kier alpha value is -4.19. The van der Waals surface area contributed by atoms with E-state index in [0.717, 1.165) is 109 Å². The first-order valence-electron chi connectivity index (χ1n) is 33.5. The average Bonchev–Trinajstić information content (AvgIpc) is 3.46. The summed E-state index contributed by atoms with van der Waals surface area (Å²) in [6.07, 6.45) is 93.7. The van der Waals surface area contributed by atoms with E-state index in [4.69, 9.17) is 14.2 Å². The molecule has 0 aromatic rings. The lowest BCUT2D eigenvalue weighted by molar-refractivity contribution is -0.167. The molecule has 0 aromatic carbocycles. The van der Waals surface area contributed by atoms with Crippen LogP contribution in [-0.2, 0) is 28.6 Å². The Bertz CT molecular complexity index is 1650. The van der Waals surface area contributed by atoms with Crippen LogP contribution in [0.25, 0.3) is 0 Å². The molecule has 6 heteroatoms. The van der Waals surface area contributed by atoms with Crippen molar-refractivity contribution >= 4 is 17.9 Å². The van der Waals surface area contributed by atoms with E-state index in [9.17, 15) is 14.4 Å². The Morgan fingerprint density at radius 3 is 0.812 bits per heavy atom. The lowest BCUT2D eigenvalue weighted by atomic mass is 10.0. The molecule has 0 aromatic heterocycles. The first-order valence-corrected chi connectivity index (χ1v) is 33.5. The summed E-state index contributed by atoms with van der Waals surface area (Å²) in [7, 11) is 0. The highest BCUT2D eigenvalue weighted by Gasteiger charge is 2.19. The molecule has 0 saturated carbocycles. The fourth-order valence-electron chi connectivity index (χ4n) is 9.27. The van der Waals surface area contributed by atoms with E-state index < -0.39 is 6.10 Å². The van der Waals surface area contributed by atoms with Gasteiger partial charge in [-0.3, -0.25) is 14.4 Å². The van der Waals surface area contributed by atoms with Crippen molar-refractivity contribution in [3.8, 4) is 0 Å². The Kier molecular flexibility index (Phi) is 63.8. The van der Waals surface area contributed by atoms with Gasteiger partial charge in [-0.1, -0.05) is 309 Å². The number of esters is 3. The first-order chi connectivity index (χ1) is 39.5. The van der Waals surface area contributed by atoms with Crippen LogP contribution in [0.15, 0.2) is 122 Å². The van der Waals surface area contributed by atoms with Gasteiger partial charge in [-0.05, 0) is 103 Å². The Morgan fingerprint density at radius 1 is 0.263 bits per heavy atom. The third-order valence-electron chi connectivity index (χ3n) is 14.2. The third-order valence-corrected chi connectivity index (χ3v) is 14.2. The number of rotatable bonds is 60. The summed E-state index contributed by atoms with van der Waals surface area (Å²) in [6.45, 7) is 6.37. The normalized spacial score (nSPS) is 12.9. The van der Waals surface area contributed by atoms with Gasteiger partial charge in [0.2, 0.25) is 0 Å². The van der Waals surface area contributed by atoms with Crippen molar-refractivity contribution in [2.45, 2.75) is 316 Å². The fourth-order valence-corrected chi connectivity index (χ4v) is 9.27. The van der Waals surface area contributed by atoms with Crippen molar-refractivity contribution in [3.05, 3.63) is 122 Å². The average molecular weight is 1110 g/mol. The number of hydrogen-bond donors (Lipinski definition) is 0. The molecule has 0 spiro atoms. The van der Waals surface area contributed by atoms with Gasteiger partial charge in [-0.15, -0.1) is 0 Å². The predicted octanol–water partition coefficient (Wildman–Crippen LogP) is 23.2. The highest BCUT2D eigenvalue weighted by Crippen LogP contribution is 2.17. The van der Waals surface area contributed by atoms with Crippen LogP contribution in [0.4, 0.5) is 0 Å². The molecule has 0 heterocycles. The summed E-state index contributed by atoms with van der Waals surface area (Å²) in [5.74, 6) is -0.995. The molecule has 0 aliphatic rings. The van der Waals surface area contributed by atoms with Crippen molar-refractivity contribution in [2.24, 2.45) is 0 Å². The standard InChI is InChI=1S/C74H124O6/c1-4-7-10-13-16-19-22-25-28-31-33-34-35-36-37-38-39-41-43-46-49-52-55-58-61-64-67-73(76)79-70-71(69-78-72(75)66-63-60-57-54-51-48-45-42-30-27-24-21-18-15-12-9-6-3)80-74(77)68-65-62-59-56-53-50-47-44-40-32-29-26-23-20-17-14-11-8-5-2/h8-9,11-12,17-18,20-21,26-27,29-30,40,44-45,48,50,53-54,57,71H,4-7,10,13-16,19,22-25,28,31-39,41-43,46-47,49,51-52,55-56,58-70H2,1-3H3/b11-8-,12-9-,20-17-,21-18-,29-26-,30-27-,44-40-,48-45-,53-50-,57-54-. The van der Waals surface area contributed by atoms with Gasteiger partial charge in [0.1, 0.15) is 13.2 Å². The van der Waals surface area contributed by atoms with E-state index in [2.05, 4.69) is 142 Å². The van der Waals surface area contributed by atoms with Crippen molar-refractivity contribution in [1.82, 2.24) is 0 Å². The van der Waals surface area contributed by atoms with Gasteiger partial charge >= 0.3 is 17.9 Å². The van der Waals surface area contributed by atoms with E-state index in [0.29, 0.717) is 19.3 Å². The van der Waals surface area contributed by atoms with Crippen LogP contribution in [0.5, 0.6) is 0 Å². The largest absolute Gasteiger partial charge is 0.462 e. The summed E-state index contributed by atoms with van der Waals surface area (Å²) in [5.41, 5.74) is 0. The summed E-state index contributed by atoms with van der Waals surface area (Å²) in [5, 5.41) is 0. The maximum atomic E-state index is 12.9. The number of carbonyl (C=O) groups excluding carboxylic acids is 3. The molecule has 456 valence electrons. The number of allylic oxidation sites excluding steroid dienone is 20. The van der Waals surface area contributed by atoms with Crippen molar-refractivity contribution < 1.29 is 28.6 Å². The third kappa shape index (κ3) is 64.6. The van der Waals surface area contributed by atoms with Crippen LogP contribution < -0.4 is 0 Å². The quantitative estimate of drug-likeness (QED) is 0.0261. The minimum atomic E-state index is -0.823. The van der Waals surface area contributed by atoms with E-state index in [-0.39, 0.29) is 44.0 Å². The topological polar surface area (TPSA) is 78.9 Å². The maximum absolute atomic E-state index is 12.9. The van der Waals surface area contributed by atoms with E-state index in [1.54, 1.807) is 0 Å². The summed E-state index contributed by atoms with van der Waals surface area (Å²) in [6, 6.07) is 0. The maximum Gasteiger partial charge on any atom is 0.306 e. The summed E-state index contributed by atoms with van der Waals surface area (Å²) >= 11 is 0. The lowest BCUT2D eigenvalue weighted by Crippen LogP contribution is -2.30. The SMILES string of the molecule is CC/C=C\C/C=C\C/C=C\C/C=C\C/C=C\CCCCCC(=O)OC(COC(=O)CCC/C=C\C/C=C\C/C=C\C/C=C\C/C=C\CC)COC(=O)CCCCCCCCCCCCCCCCCCCCCCCCCCCC. The summed E-state index contributed by atoms with van der Waals surface area (Å²) < 4.78 is 16.9. The van der Waals surface area contributed by atoms with Gasteiger partial charge in [0.25, 0.3) is 0 Å². The Labute approximate surface area is 494 Å². The minimum absolute atomic E-state index is 0.110. The molecule has 0 N–H and O–H groups in total. The molecule has 0 rings (SSSR count). The van der Waals surface area contributed by atoms with Crippen LogP contribution >= 0.6 is 0 Å². The zero-order valence-electron chi connectivity index (χ0n) is 52.3. The Balaban J connectivity index is 4.42. The second-order valence-electron chi connectivity index (χ2n) is 22.0. The van der Waals surface area contributed by atoms with Gasteiger partial charge in [-0.2, -0.15) is 0 Å². The van der Waals surface area contributed by atoms with Gasteiger partial charge < -0.3 is 14.2 Å². The number of ether oxygens (including phenoxy) is 3. The molecule has 6 nitrogen and oxygen atoms in total. The van der Waals surface area contributed by atoms with Crippen molar-refractivity contribution in [2.75, 3.05) is 13.2 Å². The van der Waals surface area contributed by atoms with Crippen LogP contribution in [0.1, 0.15) is 310 Å². The molecule has 1 unspecified atom stereocenters. The molecule has 0 radical (unpaired) electrons. The molecule has 1 atom stereocenters. The van der Waals surface area contributed by atoms with E-state index in [1.165, 1.54) is 148 Å². The van der Waals surface area contributed by atoms with Crippen molar-refractivity contribution in [1.29, 1.82) is 0 Å². The smallest absolute Gasteiger partial charge is 0.306 e. The molecular formula is C74H124O6. The van der Waals surface area contributed by atoms with E-state index in [1.807, 2.05) is 0 Å². The van der Waals surface area contributed by atoms with Gasteiger partial charge in [0.05, 0.1) is 0 Å². The first kappa shape index (κ1) is 75.8. The van der Waals surface area contributed by atoms with Crippen LogP contribution in [0.3, 0.4) is 0 Å². The predicted molar refractivity (Wildman–Crippen MR) is 348 cm³/mol. The highest BCUT2D eigenvalue weighted by atomic mass is 16.6. The van der Waals surface area contributed by atoms with Crippen LogP contribution in [0, 0.1) is 0 Å². The van der Waals surface area contributed by atoms with Crippen molar-refractivity contribution in [3.63, 3.8) is 0 Å². The monoisotopic (exact) mass is 1110 g/mol. The summed E-state index contributed by atoms with van der Waals surface area (Å²) in [4.78, 5) is 38.4. The molecule has 0 aliphatic heterocycles.